The number of para-hydroxylation sites is 1. The zero-order valence-electron chi connectivity index (χ0n) is 10.4. The summed E-state index contributed by atoms with van der Waals surface area (Å²) in [5.41, 5.74) is 7.80. The molecule has 3 rings (SSSR count). The van der Waals surface area contributed by atoms with Crippen LogP contribution in [0.25, 0.3) is 11.0 Å². The van der Waals surface area contributed by atoms with E-state index in [2.05, 4.69) is 20.3 Å². The SMILES string of the molecule is Nc1cccnc1NC(=O)c1cccc2nccnc12. The second-order valence-electron chi connectivity index (χ2n) is 4.13. The number of hydrogen-bond donors (Lipinski definition) is 2. The molecular formula is C14H11N5O. The number of amides is 1. The highest BCUT2D eigenvalue weighted by Gasteiger charge is 2.13. The zero-order valence-corrected chi connectivity index (χ0v) is 10.4. The maximum atomic E-state index is 12.3. The molecule has 0 spiro atoms. The van der Waals surface area contributed by atoms with Gasteiger partial charge in [0.25, 0.3) is 5.91 Å². The number of hydrogen-bond acceptors (Lipinski definition) is 5. The molecule has 20 heavy (non-hydrogen) atoms. The number of carbonyl (C=O) groups is 1. The summed E-state index contributed by atoms with van der Waals surface area (Å²) in [5.74, 6) is 0.0138. The minimum absolute atomic E-state index is 0.318. The monoisotopic (exact) mass is 265 g/mol. The largest absolute Gasteiger partial charge is 0.396 e. The Morgan fingerprint density at radius 1 is 1.00 bits per heavy atom. The van der Waals surface area contributed by atoms with E-state index in [9.17, 15) is 4.79 Å². The van der Waals surface area contributed by atoms with Crippen LogP contribution in [-0.4, -0.2) is 20.9 Å². The van der Waals surface area contributed by atoms with Gasteiger partial charge in [0.1, 0.15) is 5.52 Å². The quantitative estimate of drug-likeness (QED) is 0.737. The van der Waals surface area contributed by atoms with E-state index in [-0.39, 0.29) is 5.91 Å². The van der Waals surface area contributed by atoms with Crippen LogP contribution in [0.1, 0.15) is 10.4 Å². The number of fused-ring (bicyclic) bond motifs is 1. The van der Waals surface area contributed by atoms with E-state index in [1.165, 1.54) is 0 Å². The van der Waals surface area contributed by atoms with Crippen molar-refractivity contribution >= 4 is 28.4 Å². The van der Waals surface area contributed by atoms with Crippen molar-refractivity contribution in [3.05, 3.63) is 54.5 Å². The zero-order chi connectivity index (χ0) is 13.9. The first-order chi connectivity index (χ1) is 9.75. The Kier molecular flexibility index (Phi) is 2.96. The number of aromatic nitrogens is 3. The van der Waals surface area contributed by atoms with Crippen molar-refractivity contribution < 1.29 is 4.79 Å². The fraction of sp³-hybridized carbons (Fsp3) is 0. The molecule has 0 aliphatic heterocycles. The Morgan fingerprint density at radius 2 is 1.85 bits per heavy atom. The standard InChI is InChI=1S/C14H11N5O/c15-10-4-2-6-18-13(10)19-14(20)9-3-1-5-11-12(9)17-8-7-16-11/h1-8H,15H2,(H,18,19,20). The van der Waals surface area contributed by atoms with E-state index in [1.807, 2.05) is 0 Å². The van der Waals surface area contributed by atoms with Crippen LogP contribution in [0, 0.1) is 0 Å². The van der Waals surface area contributed by atoms with Gasteiger partial charge in [-0.15, -0.1) is 0 Å². The third-order valence-electron chi connectivity index (χ3n) is 2.81. The van der Waals surface area contributed by atoms with Crippen LogP contribution in [0.15, 0.2) is 48.9 Å². The van der Waals surface area contributed by atoms with Gasteiger partial charge < -0.3 is 11.1 Å². The molecule has 0 aliphatic rings. The highest BCUT2D eigenvalue weighted by Crippen LogP contribution is 2.18. The minimum atomic E-state index is -0.318. The molecule has 0 aliphatic carbocycles. The highest BCUT2D eigenvalue weighted by atomic mass is 16.1. The average Bonchev–Trinajstić information content (AvgIpc) is 2.49. The third-order valence-corrected chi connectivity index (χ3v) is 2.81. The molecule has 0 radical (unpaired) electrons. The number of nitrogens with zero attached hydrogens (tertiary/aromatic N) is 3. The number of pyridine rings is 1. The molecule has 2 aromatic heterocycles. The Labute approximate surface area is 114 Å². The predicted molar refractivity (Wildman–Crippen MR) is 76.1 cm³/mol. The molecule has 0 unspecified atom stereocenters. The van der Waals surface area contributed by atoms with E-state index in [1.54, 1.807) is 48.9 Å². The molecule has 2 heterocycles. The van der Waals surface area contributed by atoms with Crippen molar-refractivity contribution in [1.82, 2.24) is 15.0 Å². The van der Waals surface area contributed by atoms with Crippen LogP contribution >= 0.6 is 0 Å². The smallest absolute Gasteiger partial charge is 0.259 e. The second kappa shape index (κ2) is 4.93. The molecule has 3 N–H and O–H groups in total. The molecule has 1 amide bonds. The van der Waals surface area contributed by atoms with E-state index in [4.69, 9.17) is 5.73 Å². The van der Waals surface area contributed by atoms with Gasteiger partial charge in [-0.25, -0.2) is 4.98 Å². The lowest BCUT2D eigenvalue weighted by molar-refractivity contribution is 0.102. The Bertz CT molecular complexity index is 782. The summed E-state index contributed by atoms with van der Waals surface area (Å²) in [4.78, 5) is 24.7. The number of benzene rings is 1. The van der Waals surface area contributed by atoms with Crippen molar-refractivity contribution in [1.29, 1.82) is 0 Å². The van der Waals surface area contributed by atoms with Crippen LogP contribution in [0.3, 0.4) is 0 Å². The molecule has 6 nitrogen and oxygen atoms in total. The lowest BCUT2D eigenvalue weighted by Crippen LogP contribution is -2.15. The highest BCUT2D eigenvalue weighted by molar-refractivity contribution is 6.11. The lowest BCUT2D eigenvalue weighted by Gasteiger charge is -2.08. The molecule has 0 bridgehead atoms. The first kappa shape index (κ1) is 12.0. The van der Waals surface area contributed by atoms with Crippen LogP contribution in [0.2, 0.25) is 0 Å². The van der Waals surface area contributed by atoms with Crippen molar-refractivity contribution in [2.45, 2.75) is 0 Å². The van der Waals surface area contributed by atoms with E-state index in [0.29, 0.717) is 28.1 Å². The molecule has 0 atom stereocenters. The normalized spacial score (nSPS) is 10.4. The van der Waals surface area contributed by atoms with Crippen molar-refractivity contribution in [3.8, 4) is 0 Å². The van der Waals surface area contributed by atoms with Gasteiger partial charge >= 0.3 is 0 Å². The topological polar surface area (TPSA) is 93.8 Å². The predicted octanol–water partition coefficient (Wildman–Crippen LogP) is 1.86. The minimum Gasteiger partial charge on any atom is -0.396 e. The molecule has 0 fully saturated rings. The summed E-state index contributed by atoms with van der Waals surface area (Å²) in [5, 5.41) is 2.68. The van der Waals surface area contributed by atoms with E-state index < -0.39 is 0 Å². The number of rotatable bonds is 2. The summed E-state index contributed by atoms with van der Waals surface area (Å²) in [6.07, 6.45) is 4.70. The maximum Gasteiger partial charge on any atom is 0.259 e. The Morgan fingerprint density at radius 3 is 2.70 bits per heavy atom. The van der Waals surface area contributed by atoms with Crippen LogP contribution in [0.5, 0.6) is 0 Å². The summed E-state index contributed by atoms with van der Waals surface area (Å²) in [6, 6.07) is 8.62. The fourth-order valence-corrected chi connectivity index (χ4v) is 1.87. The maximum absolute atomic E-state index is 12.3. The fourth-order valence-electron chi connectivity index (χ4n) is 1.87. The number of anilines is 2. The number of carbonyl (C=O) groups excluding carboxylic acids is 1. The van der Waals surface area contributed by atoms with Gasteiger partial charge in [0.2, 0.25) is 0 Å². The molecule has 6 heteroatoms. The lowest BCUT2D eigenvalue weighted by atomic mass is 10.1. The number of nitrogen functional groups attached to an aromatic ring is 1. The second-order valence-corrected chi connectivity index (χ2v) is 4.13. The van der Waals surface area contributed by atoms with Crippen LogP contribution in [-0.2, 0) is 0 Å². The van der Waals surface area contributed by atoms with Gasteiger partial charge in [0, 0.05) is 18.6 Å². The average molecular weight is 265 g/mol. The molecule has 98 valence electrons. The third kappa shape index (κ3) is 2.14. The number of nitrogens with two attached hydrogens (primary N) is 1. The first-order valence-corrected chi connectivity index (χ1v) is 5.97. The van der Waals surface area contributed by atoms with Gasteiger partial charge in [0.05, 0.1) is 16.8 Å². The summed E-state index contributed by atoms with van der Waals surface area (Å²) >= 11 is 0. The van der Waals surface area contributed by atoms with Gasteiger partial charge in [-0.1, -0.05) is 6.07 Å². The van der Waals surface area contributed by atoms with Crippen molar-refractivity contribution in [2.24, 2.45) is 0 Å². The number of nitrogens with one attached hydrogen (secondary N) is 1. The van der Waals surface area contributed by atoms with Crippen LogP contribution in [0.4, 0.5) is 11.5 Å². The van der Waals surface area contributed by atoms with E-state index >= 15 is 0 Å². The van der Waals surface area contributed by atoms with Crippen molar-refractivity contribution in [2.75, 3.05) is 11.1 Å². The van der Waals surface area contributed by atoms with Gasteiger partial charge in [-0.3, -0.25) is 14.8 Å². The Hall–Kier alpha value is -3.02. The molecular weight excluding hydrogens is 254 g/mol. The van der Waals surface area contributed by atoms with Gasteiger partial charge in [-0.05, 0) is 24.3 Å². The molecule has 1 aromatic carbocycles. The summed E-state index contributed by atoms with van der Waals surface area (Å²) < 4.78 is 0. The first-order valence-electron chi connectivity index (χ1n) is 5.97. The Balaban J connectivity index is 1.99. The summed E-state index contributed by atoms with van der Waals surface area (Å²) in [6.45, 7) is 0. The van der Waals surface area contributed by atoms with Gasteiger partial charge in [-0.2, -0.15) is 0 Å². The summed E-state index contributed by atoms with van der Waals surface area (Å²) in [7, 11) is 0. The van der Waals surface area contributed by atoms with E-state index in [0.717, 1.165) is 0 Å². The molecule has 0 saturated carbocycles. The van der Waals surface area contributed by atoms with Crippen molar-refractivity contribution in [3.63, 3.8) is 0 Å². The molecule has 0 saturated heterocycles. The van der Waals surface area contributed by atoms with Crippen LogP contribution < -0.4 is 11.1 Å². The molecule has 3 aromatic rings. The van der Waals surface area contributed by atoms with Gasteiger partial charge in [0.15, 0.2) is 5.82 Å².